The molecule has 2 aromatic heterocycles. The summed E-state index contributed by atoms with van der Waals surface area (Å²) in [5.74, 6) is 1.01. The fraction of sp³-hybridized carbons (Fsp3) is 0.455. The summed E-state index contributed by atoms with van der Waals surface area (Å²) in [5, 5.41) is 8.36. The zero-order valence-corrected chi connectivity index (χ0v) is 9.07. The van der Waals surface area contributed by atoms with Gasteiger partial charge in [0.1, 0.15) is 5.82 Å². The Morgan fingerprint density at radius 1 is 1.14 bits per heavy atom. The molecule has 0 bridgehead atoms. The molecule has 74 valence electrons. The second-order valence-corrected chi connectivity index (χ2v) is 4.71. The number of nitrogens with zero attached hydrogens (tertiary/aromatic N) is 3. The van der Waals surface area contributed by atoms with Crippen molar-refractivity contribution in [3.05, 3.63) is 29.7 Å². The summed E-state index contributed by atoms with van der Waals surface area (Å²) < 4.78 is 2.06. The van der Waals surface area contributed by atoms with E-state index in [2.05, 4.69) is 54.6 Å². The molecule has 2 aromatic rings. The Morgan fingerprint density at radius 3 is 2.50 bits per heavy atom. The predicted octanol–water partition coefficient (Wildman–Crippen LogP) is 2.34. The Hall–Kier alpha value is -1.38. The van der Waals surface area contributed by atoms with Gasteiger partial charge >= 0.3 is 0 Å². The quantitative estimate of drug-likeness (QED) is 0.636. The number of hydrogen-bond acceptors (Lipinski definition) is 2. The Balaban J connectivity index is 2.73. The Labute approximate surface area is 83.8 Å². The van der Waals surface area contributed by atoms with Crippen molar-refractivity contribution in [1.29, 1.82) is 0 Å². The molecule has 0 radical (unpaired) electrons. The summed E-state index contributed by atoms with van der Waals surface area (Å²) >= 11 is 0. The third kappa shape index (κ3) is 1.39. The monoisotopic (exact) mass is 189 g/mol. The first-order chi connectivity index (χ1) is 6.48. The highest BCUT2D eigenvalue weighted by molar-refractivity contribution is 5.40. The number of aryl methyl sites for hydroxylation is 1. The van der Waals surface area contributed by atoms with Crippen LogP contribution in [0.25, 0.3) is 5.65 Å². The topological polar surface area (TPSA) is 30.2 Å². The molecule has 0 amide bonds. The van der Waals surface area contributed by atoms with Crippen LogP contribution in [0.15, 0.2) is 18.3 Å². The molecule has 0 fully saturated rings. The van der Waals surface area contributed by atoms with E-state index in [4.69, 9.17) is 0 Å². The second-order valence-electron chi connectivity index (χ2n) is 4.71. The van der Waals surface area contributed by atoms with E-state index in [9.17, 15) is 0 Å². The van der Waals surface area contributed by atoms with Crippen molar-refractivity contribution in [1.82, 2.24) is 14.6 Å². The summed E-state index contributed by atoms with van der Waals surface area (Å²) in [5.41, 5.74) is 2.18. The molecule has 0 aromatic carbocycles. The standard InChI is InChI=1S/C11H15N3/c1-8-5-6-9-12-13-10(11(2,3)4)14(9)7-8/h5-7H,1-4H3. The lowest BCUT2D eigenvalue weighted by Gasteiger charge is -2.15. The van der Waals surface area contributed by atoms with Gasteiger partial charge in [-0.1, -0.05) is 26.8 Å². The molecule has 3 nitrogen and oxygen atoms in total. The zero-order valence-electron chi connectivity index (χ0n) is 9.07. The van der Waals surface area contributed by atoms with Gasteiger partial charge in [-0.15, -0.1) is 10.2 Å². The first kappa shape index (κ1) is 9.19. The largest absolute Gasteiger partial charge is 0.286 e. The molecule has 0 unspecified atom stereocenters. The first-order valence-corrected chi connectivity index (χ1v) is 4.80. The van der Waals surface area contributed by atoms with Crippen LogP contribution < -0.4 is 0 Å². The maximum Gasteiger partial charge on any atom is 0.160 e. The van der Waals surface area contributed by atoms with Crippen molar-refractivity contribution in [2.24, 2.45) is 0 Å². The third-order valence-corrected chi connectivity index (χ3v) is 2.22. The van der Waals surface area contributed by atoms with Crippen molar-refractivity contribution in [3.8, 4) is 0 Å². The number of pyridine rings is 1. The van der Waals surface area contributed by atoms with Crippen molar-refractivity contribution < 1.29 is 0 Å². The van der Waals surface area contributed by atoms with Gasteiger partial charge in [-0.2, -0.15) is 0 Å². The van der Waals surface area contributed by atoms with E-state index in [1.54, 1.807) is 0 Å². The SMILES string of the molecule is Cc1ccc2nnc(C(C)(C)C)n2c1. The van der Waals surface area contributed by atoms with Crippen LogP contribution in [0, 0.1) is 6.92 Å². The van der Waals surface area contributed by atoms with Crippen LogP contribution in [-0.4, -0.2) is 14.6 Å². The molecule has 0 saturated heterocycles. The molecule has 14 heavy (non-hydrogen) atoms. The fourth-order valence-electron chi connectivity index (χ4n) is 1.51. The molecule has 2 heterocycles. The van der Waals surface area contributed by atoms with Crippen LogP contribution in [0.5, 0.6) is 0 Å². The normalized spacial score (nSPS) is 12.3. The van der Waals surface area contributed by atoms with Gasteiger partial charge in [0.25, 0.3) is 0 Å². The summed E-state index contributed by atoms with van der Waals surface area (Å²) in [6.45, 7) is 8.51. The van der Waals surface area contributed by atoms with Crippen LogP contribution >= 0.6 is 0 Å². The van der Waals surface area contributed by atoms with E-state index in [1.807, 2.05) is 6.07 Å². The van der Waals surface area contributed by atoms with E-state index in [0.29, 0.717) is 0 Å². The van der Waals surface area contributed by atoms with Gasteiger partial charge in [-0.25, -0.2) is 0 Å². The average molecular weight is 189 g/mol. The van der Waals surface area contributed by atoms with Crippen molar-refractivity contribution in [3.63, 3.8) is 0 Å². The zero-order chi connectivity index (χ0) is 10.3. The van der Waals surface area contributed by atoms with Crippen LogP contribution in [0.4, 0.5) is 0 Å². The van der Waals surface area contributed by atoms with Crippen LogP contribution in [0.1, 0.15) is 32.2 Å². The number of rotatable bonds is 0. The smallest absolute Gasteiger partial charge is 0.160 e. The number of fused-ring (bicyclic) bond motifs is 1. The minimum absolute atomic E-state index is 0.0349. The lowest BCUT2D eigenvalue weighted by atomic mass is 9.96. The van der Waals surface area contributed by atoms with E-state index in [0.717, 1.165) is 11.5 Å². The minimum atomic E-state index is 0.0349. The highest BCUT2D eigenvalue weighted by Crippen LogP contribution is 2.20. The summed E-state index contributed by atoms with van der Waals surface area (Å²) in [6, 6.07) is 4.05. The maximum absolute atomic E-state index is 4.22. The molecule has 0 N–H and O–H groups in total. The van der Waals surface area contributed by atoms with Gasteiger partial charge in [0.05, 0.1) is 0 Å². The molecule has 0 spiro atoms. The van der Waals surface area contributed by atoms with Crippen LogP contribution in [-0.2, 0) is 5.41 Å². The minimum Gasteiger partial charge on any atom is -0.286 e. The lowest BCUT2D eigenvalue weighted by Crippen LogP contribution is -2.15. The van der Waals surface area contributed by atoms with Gasteiger partial charge in [-0.3, -0.25) is 4.40 Å². The van der Waals surface area contributed by atoms with Gasteiger partial charge in [0, 0.05) is 11.6 Å². The maximum atomic E-state index is 4.22. The summed E-state index contributed by atoms with van der Waals surface area (Å²) in [6.07, 6.45) is 2.08. The highest BCUT2D eigenvalue weighted by atomic mass is 15.2. The van der Waals surface area contributed by atoms with Gasteiger partial charge in [-0.05, 0) is 18.6 Å². The van der Waals surface area contributed by atoms with Gasteiger partial charge in [0.15, 0.2) is 5.65 Å². The summed E-state index contributed by atoms with van der Waals surface area (Å²) in [7, 11) is 0. The lowest BCUT2D eigenvalue weighted by molar-refractivity contribution is 0.538. The van der Waals surface area contributed by atoms with Crippen molar-refractivity contribution >= 4 is 5.65 Å². The number of hydrogen-bond donors (Lipinski definition) is 0. The molecule has 0 aliphatic heterocycles. The molecule has 3 heteroatoms. The fourth-order valence-corrected chi connectivity index (χ4v) is 1.51. The van der Waals surface area contributed by atoms with E-state index in [1.165, 1.54) is 5.56 Å². The predicted molar refractivity (Wildman–Crippen MR) is 56.4 cm³/mol. The Kier molecular flexibility index (Phi) is 1.84. The Bertz CT molecular complexity index is 463. The molecule has 2 rings (SSSR count). The average Bonchev–Trinajstić information content (AvgIpc) is 2.45. The molecular weight excluding hydrogens is 174 g/mol. The van der Waals surface area contributed by atoms with Crippen molar-refractivity contribution in [2.75, 3.05) is 0 Å². The van der Waals surface area contributed by atoms with Crippen molar-refractivity contribution in [2.45, 2.75) is 33.1 Å². The molecule has 0 saturated carbocycles. The third-order valence-electron chi connectivity index (χ3n) is 2.22. The second kappa shape index (κ2) is 2.80. The molecule has 0 aliphatic carbocycles. The first-order valence-electron chi connectivity index (χ1n) is 4.80. The molecule has 0 aliphatic rings. The van der Waals surface area contributed by atoms with Crippen LogP contribution in [0.2, 0.25) is 0 Å². The summed E-state index contributed by atoms with van der Waals surface area (Å²) in [4.78, 5) is 0. The van der Waals surface area contributed by atoms with E-state index < -0.39 is 0 Å². The van der Waals surface area contributed by atoms with E-state index >= 15 is 0 Å². The number of aromatic nitrogens is 3. The van der Waals surface area contributed by atoms with Gasteiger partial charge < -0.3 is 0 Å². The molecule has 0 atom stereocenters. The molecular formula is C11H15N3. The Morgan fingerprint density at radius 2 is 1.86 bits per heavy atom. The van der Waals surface area contributed by atoms with Crippen LogP contribution in [0.3, 0.4) is 0 Å². The highest BCUT2D eigenvalue weighted by Gasteiger charge is 2.20. The van der Waals surface area contributed by atoms with Gasteiger partial charge in [0.2, 0.25) is 0 Å². The van der Waals surface area contributed by atoms with E-state index in [-0.39, 0.29) is 5.41 Å².